The highest BCUT2D eigenvalue weighted by Gasteiger charge is 2.23. The summed E-state index contributed by atoms with van der Waals surface area (Å²) in [5.74, 6) is -0.297. The molecule has 0 fully saturated rings. The van der Waals surface area contributed by atoms with Gasteiger partial charge in [0.2, 0.25) is 0 Å². The smallest absolute Gasteiger partial charge is 0.337 e. The molecule has 0 bridgehead atoms. The first-order chi connectivity index (χ1) is 12.3. The van der Waals surface area contributed by atoms with Crippen LogP contribution in [-0.4, -0.2) is 18.1 Å². The Balaban J connectivity index is 2.10. The Morgan fingerprint density at radius 1 is 1.08 bits per heavy atom. The van der Waals surface area contributed by atoms with Gasteiger partial charge in [0.1, 0.15) is 0 Å². The van der Waals surface area contributed by atoms with Gasteiger partial charge in [0, 0.05) is 22.0 Å². The SMILES string of the molecule is CCc1ccc2c(Cc3cccc(C(=O)OC)c3)c(C(C)(C)C)[nH]c2c1. The number of carbonyl (C=O) groups excluding carboxylic acids is 1. The molecule has 3 aromatic rings. The van der Waals surface area contributed by atoms with Crippen molar-refractivity contribution in [3.8, 4) is 0 Å². The lowest BCUT2D eigenvalue weighted by Crippen LogP contribution is -2.14. The second-order valence-electron chi connectivity index (χ2n) is 7.83. The number of carbonyl (C=O) groups is 1. The second-order valence-corrected chi connectivity index (χ2v) is 7.83. The van der Waals surface area contributed by atoms with Crippen LogP contribution >= 0.6 is 0 Å². The lowest BCUT2D eigenvalue weighted by molar-refractivity contribution is 0.0600. The molecule has 0 aliphatic heterocycles. The van der Waals surface area contributed by atoms with E-state index in [0.717, 1.165) is 18.4 Å². The van der Waals surface area contributed by atoms with Gasteiger partial charge in [-0.2, -0.15) is 0 Å². The lowest BCUT2D eigenvalue weighted by atomic mass is 9.86. The summed E-state index contributed by atoms with van der Waals surface area (Å²) in [6.45, 7) is 8.86. The molecule has 3 nitrogen and oxygen atoms in total. The number of rotatable bonds is 4. The van der Waals surface area contributed by atoms with Gasteiger partial charge in [0.05, 0.1) is 12.7 Å². The molecule has 0 aliphatic carbocycles. The molecule has 3 heteroatoms. The first kappa shape index (κ1) is 18.2. The number of esters is 1. The average molecular weight is 349 g/mol. The standard InChI is InChI=1S/C23H27NO2/c1-6-15-10-11-18-19(21(23(2,3)4)24-20(18)14-15)13-16-8-7-9-17(12-16)22(25)26-5/h7-12,14,24H,6,13H2,1-5H3. The summed E-state index contributed by atoms with van der Waals surface area (Å²) in [6.07, 6.45) is 1.80. The van der Waals surface area contributed by atoms with E-state index in [4.69, 9.17) is 4.74 Å². The zero-order valence-corrected chi connectivity index (χ0v) is 16.3. The van der Waals surface area contributed by atoms with Crippen LogP contribution < -0.4 is 0 Å². The fraction of sp³-hybridized carbons (Fsp3) is 0.348. The van der Waals surface area contributed by atoms with E-state index < -0.39 is 0 Å². The van der Waals surface area contributed by atoms with Crippen LogP contribution in [-0.2, 0) is 23.0 Å². The van der Waals surface area contributed by atoms with Gasteiger partial charge in [-0.05, 0) is 47.7 Å². The quantitative estimate of drug-likeness (QED) is 0.640. The van der Waals surface area contributed by atoms with Crippen LogP contribution in [0.15, 0.2) is 42.5 Å². The minimum atomic E-state index is -0.297. The van der Waals surface area contributed by atoms with E-state index in [1.165, 1.54) is 34.8 Å². The van der Waals surface area contributed by atoms with Crippen molar-refractivity contribution in [1.29, 1.82) is 0 Å². The first-order valence-corrected chi connectivity index (χ1v) is 9.14. The molecule has 0 radical (unpaired) electrons. The molecule has 1 N–H and O–H groups in total. The molecule has 3 rings (SSSR count). The number of methoxy groups -OCH3 is 1. The molecule has 1 heterocycles. The predicted octanol–water partition coefficient (Wildman–Crippen LogP) is 5.41. The highest BCUT2D eigenvalue weighted by atomic mass is 16.5. The molecule has 1 aromatic heterocycles. The van der Waals surface area contributed by atoms with Crippen LogP contribution in [0.4, 0.5) is 0 Å². The Kier molecular flexibility index (Phi) is 4.90. The maximum absolute atomic E-state index is 11.8. The summed E-state index contributed by atoms with van der Waals surface area (Å²) < 4.78 is 4.86. The number of hydrogen-bond acceptors (Lipinski definition) is 2. The highest BCUT2D eigenvalue weighted by Crippen LogP contribution is 2.33. The fourth-order valence-electron chi connectivity index (χ4n) is 3.48. The summed E-state index contributed by atoms with van der Waals surface area (Å²) in [6, 6.07) is 14.4. The minimum absolute atomic E-state index is 0.0146. The zero-order valence-electron chi connectivity index (χ0n) is 16.3. The molecule has 0 saturated carbocycles. The van der Waals surface area contributed by atoms with Crippen molar-refractivity contribution in [1.82, 2.24) is 4.98 Å². The number of nitrogens with one attached hydrogen (secondary N) is 1. The van der Waals surface area contributed by atoms with E-state index in [0.29, 0.717) is 5.56 Å². The Morgan fingerprint density at radius 3 is 2.50 bits per heavy atom. The molecular formula is C23H27NO2. The molecule has 0 spiro atoms. The van der Waals surface area contributed by atoms with Gasteiger partial charge in [-0.15, -0.1) is 0 Å². The molecule has 0 unspecified atom stereocenters. The Morgan fingerprint density at radius 2 is 1.85 bits per heavy atom. The van der Waals surface area contributed by atoms with Crippen molar-refractivity contribution in [2.45, 2.75) is 46.0 Å². The van der Waals surface area contributed by atoms with E-state index in [9.17, 15) is 4.79 Å². The van der Waals surface area contributed by atoms with Crippen LogP contribution in [0.3, 0.4) is 0 Å². The summed E-state index contributed by atoms with van der Waals surface area (Å²) in [5, 5.41) is 1.26. The Labute approximate surface area is 155 Å². The highest BCUT2D eigenvalue weighted by molar-refractivity contribution is 5.90. The average Bonchev–Trinajstić information content (AvgIpc) is 2.99. The number of aromatic nitrogens is 1. The van der Waals surface area contributed by atoms with E-state index >= 15 is 0 Å². The molecule has 0 aliphatic rings. The number of aryl methyl sites for hydroxylation is 1. The third kappa shape index (κ3) is 3.52. The minimum Gasteiger partial charge on any atom is -0.465 e. The van der Waals surface area contributed by atoms with E-state index in [1.807, 2.05) is 12.1 Å². The zero-order chi connectivity index (χ0) is 18.9. The number of fused-ring (bicyclic) bond motifs is 1. The normalized spacial score (nSPS) is 11.7. The summed E-state index contributed by atoms with van der Waals surface area (Å²) in [5.41, 5.74) is 6.79. The maximum Gasteiger partial charge on any atom is 0.337 e. The molecule has 0 atom stereocenters. The predicted molar refractivity (Wildman–Crippen MR) is 107 cm³/mol. The molecular weight excluding hydrogens is 322 g/mol. The van der Waals surface area contributed by atoms with Gasteiger partial charge in [0.25, 0.3) is 0 Å². The topological polar surface area (TPSA) is 42.1 Å². The maximum atomic E-state index is 11.8. The lowest BCUT2D eigenvalue weighted by Gasteiger charge is -2.19. The first-order valence-electron chi connectivity index (χ1n) is 9.14. The largest absolute Gasteiger partial charge is 0.465 e. The summed E-state index contributed by atoms with van der Waals surface area (Å²) >= 11 is 0. The number of H-pyrrole nitrogens is 1. The van der Waals surface area contributed by atoms with Crippen molar-refractivity contribution >= 4 is 16.9 Å². The third-order valence-corrected chi connectivity index (χ3v) is 4.86. The molecule has 136 valence electrons. The fourth-order valence-corrected chi connectivity index (χ4v) is 3.48. The molecule has 0 amide bonds. The van der Waals surface area contributed by atoms with Gasteiger partial charge in [-0.3, -0.25) is 0 Å². The van der Waals surface area contributed by atoms with Crippen LogP contribution in [0.5, 0.6) is 0 Å². The van der Waals surface area contributed by atoms with Crippen molar-refractivity contribution in [2.75, 3.05) is 7.11 Å². The summed E-state index contributed by atoms with van der Waals surface area (Å²) in [7, 11) is 1.41. The van der Waals surface area contributed by atoms with Gasteiger partial charge in [-0.25, -0.2) is 4.79 Å². The Bertz CT molecular complexity index is 944. The van der Waals surface area contributed by atoms with E-state index in [-0.39, 0.29) is 11.4 Å². The van der Waals surface area contributed by atoms with Crippen molar-refractivity contribution in [3.63, 3.8) is 0 Å². The van der Waals surface area contributed by atoms with Crippen LogP contribution in [0.2, 0.25) is 0 Å². The van der Waals surface area contributed by atoms with Crippen LogP contribution in [0, 0.1) is 0 Å². The van der Waals surface area contributed by atoms with Gasteiger partial charge >= 0.3 is 5.97 Å². The number of ether oxygens (including phenoxy) is 1. The van der Waals surface area contributed by atoms with Crippen LogP contribution in [0.25, 0.3) is 10.9 Å². The number of aromatic amines is 1. The number of hydrogen-bond donors (Lipinski definition) is 1. The van der Waals surface area contributed by atoms with Gasteiger partial charge in [0.15, 0.2) is 0 Å². The Hall–Kier alpha value is -2.55. The number of benzene rings is 2. The second kappa shape index (κ2) is 6.99. The van der Waals surface area contributed by atoms with E-state index in [1.54, 1.807) is 6.07 Å². The van der Waals surface area contributed by atoms with Crippen molar-refractivity contribution < 1.29 is 9.53 Å². The summed E-state index contributed by atoms with van der Waals surface area (Å²) in [4.78, 5) is 15.5. The van der Waals surface area contributed by atoms with Crippen molar-refractivity contribution in [3.05, 3.63) is 70.4 Å². The molecule has 0 saturated heterocycles. The van der Waals surface area contributed by atoms with Gasteiger partial charge < -0.3 is 9.72 Å². The van der Waals surface area contributed by atoms with E-state index in [2.05, 4.69) is 56.9 Å². The molecule has 2 aromatic carbocycles. The van der Waals surface area contributed by atoms with Crippen LogP contribution in [0.1, 0.15) is 60.4 Å². The monoisotopic (exact) mass is 349 g/mol. The third-order valence-electron chi connectivity index (χ3n) is 4.86. The van der Waals surface area contributed by atoms with Crippen molar-refractivity contribution in [2.24, 2.45) is 0 Å². The van der Waals surface area contributed by atoms with Gasteiger partial charge in [-0.1, -0.05) is 52.0 Å². The molecule has 26 heavy (non-hydrogen) atoms.